The van der Waals surface area contributed by atoms with Crippen LogP contribution in [0.3, 0.4) is 0 Å². The van der Waals surface area contributed by atoms with Gasteiger partial charge in [-0.15, -0.1) is 10.2 Å². The molecule has 1 unspecified atom stereocenters. The second-order valence-corrected chi connectivity index (χ2v) is 14.4. The van der Waals surface area contributed by atoms with E-state index in [0.717, 1.165) is 5.56 Å². The molecule has 1 aromatic carbocycles. The maximum Gasteiger partial charge on any atom is 0.310 e. The van der Waals surface area contributed by atoms with Gasteiger partial charge in [-0.3, -0.25) is 9.20 Å². The molecule has 1 saturated heterocycles. The fraction of sp³-hybridized carbons (Fsp3) is 0.419. The fourth-order valence-corrected chi connectivity index (χ4v) is 7.75. The summed E-state index contributed by atoms with van der Waals surface area (Å²) in [7, 11) is -4.05. The van der Waals surface area contributed by atoms with E-state index in [1.165, 1.54) is 14.9 Å². The van der Waals surface area contributed by atoms with Gasteiger partial charge in [0.05, 0.1) is 25.2 Å². The van der Waals surface area contributed by atoms with Crippen molar-refractivity contribution in [2.24, 2.45) is 5.41 Å². The minimum Gasteiger partial charge on any atom is -0.481 e. The highest BCUT2D eigenvalue weighted by atomic mass is 32.2. The average Bonchev–Trinajstić information content (AvgIpc) is 3.36. The number of aromatic nitrogens is 4. The van der Waals surface area contributed by atoms with Gasteiger partial charge in [-0.05, 0) is 80.1 Å². The topological polar surface area (TPSA) is 136 Å². The zero-order chi connectivity index (χ0) is 32.5. The summed E-state index contributed by atoms with van der Waals surface area (Å²) in [5.41, 5.74) is 1.80. The van der Waals surface area contributed by atoms with Crippen molar-refractivity contribution in [3.05, 3.63) is 81.9 Å². The minimum atomic E-state index is -4.05. The maximum absolute atomic E-state index is 14.0. The number of carboxylic acids is 1. The summed E-state index contributed by atoms with van der Waals surface area (Å²) in [4.78, 5) is 16.9. The van der Waals surface area contributed by atoms with Crippen molar-refractivity contribution >= 4 is 21.6 Å². The molecule has 45 heavy (non-hydrogen) atoms. The second-order valence-electron chi connectivity index (χ2n) is 12.5. The summed E-state index contributed by atoms with van der Waals surface area (Å²) in [6.07, 6.45) is 0.146. The first-order valence-corrected chi connectivity index (χ1v) is 15.8. The van der Waals surface area contributed by atoms with Gasteiger partial charge in [0.2, 0.25) is 21.7 Å². The average molecular weight is 642 g/mol. The molecule has 11 nitrogen and oxygen atoms in total. The van der Waals surface area contributed by atoms with E-state index in [4.69, 9.17) is 9.47 Å². The molecule has 0 bridgehead atoms. The number of ether oxygens (including phenoxy) is 2. The Balaban J connectivity index is 1.46. The summed E-state index contributed by atoms with van der Waals surface area (Å²) in [6.45, 7) is 8.95. The Kier molecular flexibility index (Phi) is 7.45. The second kappa shape index (κ2) is 10.8. The molecule has 6 rings (SSSR count). The van der Waals surface area contributed by atoms with Crippen molar-refractivity contribution in [1.29, 1.82) is 0 Å². The van der Waals surface area contributed by atoms with Crippen LogP contribution in [0.5, 0.6) is 5.88 Å². The number of fused-ring (bicyclic) bond motifs is 2. The number of aliphatic carboxylic acids is 1. The van der Waals surface area contributed by atoms with Crippen molar-refractivity contribution in [2.75, 3.05) is 19.8 Å². The lowest BCUT2D eigenvalue weighted by Crippen LogP contribution is -2.60. The highest BCUT2D eigenvalue weighted by Crippen LogP contribution is 2.44. The highest BCUT2D eigenvalue weighted by molar-refractivity contribution is 7.89. The number of pyridine rings is 2. The van der Waals surface area contributed by atoms with E-state index in [2.05, 4.69) is 15.2 Å². The Morgan fingerprint density at radius 3 is 2.51 bits per heavy atom. The van der Waals surface area contributed by atoms with Gasteiger partial charge in [-0.1, -0.05) is 18.2 Å². The van der Waals surface area contributed by atoms with Gasteiger partial charge in [0.25, 0.3) is 6.43 Å². The van der Waals surface area contributed by atoms with Crippen LogP contribution in [0.2, 0.25) is 0 Å². The molecule has 0 radical (unpaired) electrons. The molecule has 0 aliphatic carbocycles. The van der Waals surface area contributed by atoms with E-state index in [9.17, 15) is 27.1 Å². The number of benzene rings is 1. The van der Waals surface area contributed by atoms with Gasteiger partial charge in [0.1, 0.15) is 4.90 Å². The third-order valence-electron chi connectivity index (χ3n) is 8.81. The van der Waals surface area contributed by atoms with Crippen molar-refractivity contribution in [3.63, 3.8) is 0 Å². The van der Waals surface area contributed by atoms with Crippen LogP contribution in [0.1, 0.15) is 65.4 Å². The number of rotatable bonds is 7. The summed E-state index contributed by atoms with van der Waals surface area (Å²) in [5, 5.41) is 18.0. The standard InChI is InChI=1S/C31H33F2N5O6S/c1-17-10-23-28(34-12-17)44-31(15-43-16-31)14-37(45(23,41)42)13-21-11-20(7-6-18(21)2)24(30(4,5)29(39)40)22-8-9-38-26(19(22)3)35-36-27(38)25(32)33/h6-12,24-25H,13-16H2,1-5H3,(H,39,40). The van der Waals surface area contributed by atoms with E-state index in [0.29, 0.717) is 27.8 Å². The number of alkyl halides is 2. The van der Waals surface area contributed by atoms with Crippen molar-refractivity contribution in [1.82, 2.24) is 23.9 Å². The van der Waals surface area contributed by atoms with E-state index < -0.39 is 45.2 Å². The van der Waals surface area contributed by atoms with Gasteiger partial charge in [0, 0.05) is 24.9 Å². The van der Waals surface area contributed by atoms with Crippen LogP contribution >= 0.6 is 0 Å². The van der Waals surface area contributed by atoms with Crippen LogP contribution in [0.4, 0.5) is 8.78 Å². The molecule has 3 aromatic heterocycles. The Labute approximate surface area is 258 Å². The van der Waals surface area contributed by atoms with E-state index in [1.807, 2.05) is 25.1 Å². The summed E-state index contributed by atoms with van der Waals surface area (Å²) < 4.78 is 69.3. The molecule has 2 aliphatic heterocycles. The SMILES string of the molecule is Cc1cnc2c(c1)S(=O)(=O)N(Cc1cc(C(c3ccn4c(C(F)F)nnc4c3C)C(C)(C)C(=O)O)ccc1C)CC1(COC1)O2. The third-order valence-corrected chi connectivity index (χ3v) is 10.6. The molecule has 1 fully saturated rings. The number of halogens is 2. The van der Waals surface area contributed by atoms with Crippen molar-refractivity contribution < 1.29 is 36.6 Å². The highest BCUT2D eigenvalue weighted by Gasteiger charge is 2.50. The molecule has 4 aromatic rings. The largest absolute Gasteiger partial charge is 0.481 e. The summed E-state index contributed by atoms with van der Waals surface area (Å²) in [6, 6.07) is 8.63. The monoisotopic (exact) mass is 641 g/mol. The van der Waals surface area contributed by atoms with Crippen LogP contribution in [-0.4, -0.2) is 68.7 Å². The minimum absolute atomic E-state index is 0.0132. The van der Waals surface area contributed by atoms with E-state index in [1.54, 1.807) is 46.0 Å². The van der Waals surface area contributed by atoms with Crippen molar-refractivity contribution in [2.45, 2.75) is 64.0 Å². The summed E-state index contributed by atoms with van der Waals surface area (Å²) in [5.74, 6) is -2.29. The molecule has 1 spiro atoms. The number of carbonyl (C=O) groups is 1. The first kappa shape index (κ1) is 31.0. The smallest absolute Gasteiger partial charge is 0.310 e. The molecule has 1 N–H and O–H groups in total. The number of hydrogen-bond donors (Lipinski definition) is 1. The molecule has 0 amide bonds. The van der Waals surface area contributed by atoms with Crippen LogP contribution in [0, 0.1) is 26.2 Å². The van der Waals surface area contributed by atoms with Gasteiger partial charge < -0.3 is 14.6 Å². The first-order valence-electron chi connectivity index (χ1n) is 14.3. The Morgan fingerprint density at radius 1 is 1.13 bits per heavy atom. The fourth-order valence-electron chi connectivity index (χ4n) is 6.11. The zero-order valence-corrected chi connectivity index (χ0v) is 26.2. The lowest BCUT2D eigenvalue weighted by Gasteiger charge is -2.41. The Bertz CT molecular complexity index is 1940. The number of carboxylic acid groups (broad SMARTS) is 1. The van der Waals surface area contributed by atoms with Crippen molar-refractivity contribution in [3.8, 4) is 5.88 Å². The predicted octanol–water partition coefficient (Wildman–Crippen LogP) is 4.58. The van der Waals surface area contributed by atoms with Gasteiger partial charge >= 0.3 is 5.97 Å². The van der Waals surface area contributed by atoms with Crippen LogP contribution < -0.4 is 4.74 Å². The van der Waals surface area contributed by atoms with E-state index in [-0.39, 0.29) is 42.7 Å². The number of aryl methyl sites for hydroxylation is 3. The Hall–Kier alpha value is -4.01. The molecule has 0 saturated carbocycles. The van der Waals surface area contributed by atoms with Gasteiger partial charge in [0.15, 0.2) is 11.2 Å². The third kappa shape index (κ3) is 5.14. The molecule has 1 atom stereocenters. The molecular weight excluding hydrogens is 608 g/mol. The first-order chi connectivity index (χ1) is 21.1. The quantitative estimate of drug-likeness (QED) is 0.308. The number of sulfonamides is 1. The maximum atomic E-state index is 14.0. The lowest BCUT2D eigenvalue weighted by atomic mass is 9.70. The van der Waals surface area contributed by atoms with E-state index >= 15 is 0 Å². The van der Waals surface area contributed by atoms with Crippen LogP contribution in [0.15, 0.2) is 47.6 Å². The van der Waals surface area contributed by atoms with Gasteiger partial charge in [-0.2, -0.15) is 4.31 Å². The predicted molar refractivity (Wildman–Crippen MR) is 158 cm³/mol. The van der Waals surface area contributed by atoms with Crippen LogP contribution in [0.25, 0.3) is 5.65 Å². The molecule has 5 heterocycles. The molecule has 2 aliphatic rings. The van der Waals surface area contributed by atoms with Crippen LogP contribution in [-0.2, 0) is 26.1 Å². The number of nitrogens with zero attached hydrogens (tertiary/aromatic N) is 5. The Morgan fingerprint density at radius 2 is 1.87 bits per heavy atom. The normalized spacial score (nSPS) is 18.3. The zero-order valence-electron chi connectivity index (χ0n) is 25.4. The molecule has 14 heteroatoms. The van der Waals surface area contributed by atoms with Gasteiger partial charge in [-0.25, -0.2) is 22.2 Å². The molecular formula is C31H33F2N5O6S. The summed E-state index contributed by atoms with van der Waals surface area (Å²) >= 11 is 0. The molecule has 238 valence electrons. The number of hydrogen-bond acceptors (Lipinski definition) is 8. The lowest BCUT2D eigenvalue weighted by molar-refractivity contribution is -0.166.